The molecule has 0 aliphatic carbocycles. The van der Waals surface area contributed by atoms with Gasteiger partial charge in [0.1, 0.15) is 22.3 Å². The highest BCUT2D eigenvalue weighted by Gasteiger charge is 2.53. The topological polar surface area (TPSA) is 106 Å². The van der Waals surface area contributed by atoms with E-state index in [0.717, 1.165) is 142 Å². The van der Waals surface area contributed by atoms with Crippen molar-refractivity contribution in [2.24, 2.45) is 0 Å². The molecule has 14 aromatic carbocycles. The van der Waals surface area contributed by atoms with Crippen molar-refractivity contribution in [3.63, 3.8) is 0 Å². The summed E-state index contributed by atoms with van der Waals surface area (Å²) in [5.41, 5.74) is 20.4. The van der Waals surface area contributed by atoms with E-state index in [2.05, 4.69) is 338 Å². The zero-order valence-electron chi connectivity index (χ0n) is 61.8. The number of benzene rings is 14. The maximum Gasteiger partial charge on any atom is 0.498 e. The van der Waals surface area contributed by atoms with Crippen LogP contribution >= 0.6 is 38.6 Å². The van der Waals surface area contributed by atoms with Crippen LogP contribution in [0.3, 0.4) is 0 Å². The molecule has 3 radical (unpaired) electrons. The Balaban J connectivity index is 0.000000121. The normalized spacial score (nSPS) is 13.2. The molecule has 114 heavy (non-hydrogen) atoms. The summed E-state index contributed by atoms with van der Waals surface area (Å²) in [4.78, 5) is 20.4. The summed E-state index contributed by atoms with van der Waals surface area (Å²) in [6.45, 7) is 8.33. The average Bonchev–Trinajstić information content (AvgIpc) is 1.57. The molecule has 8 aromatic heterocycles. The highest BCUT2D eigenvalue weighted by atomic mass is 79.9. The van der Waals surface area contributed by atoms with Crippen LogP contribution < -0.4 is 5.46 Å². The van der Waals surface area contributed by atoms with Crippen molar-refractivity contribution in [3.8, 4) is 67.8 Å². The third-order valence-corrected chi connectivity index (χ3v) is 25.0. The second kappa shape index (κ2) is 28.6. The maximum atomic E-state index is 6.66. The fraction of sp³-hybridized carbons (Fsp3) is 0.0707. The number of nitrogens with zero attached hydrogens (tertiary/aromatic N) is 6. The van der Waals surface area contributed by atoms with E-state index in [9.17, 15) is 0 Å². The van der Waals surface area contributed by atoms with Gasteiger partial charge in [0.25, 0.3) is 0 Å². The van der Waals surface area contributed by atoms with Gasteiger partial charge >= 0.3 is 7.12 Å². The van der Waals surface area contributed by atoms with E-state index in [0.29, 0.717) is 5.82 Å². The smallest absolute Gasteiger partial charge is 0.456 e. The molecular formula is C99H70B2BrN6O4S2. The number of hydrogen-bond donors (Lipinski definition) is 0. The summed E-state index contributed by atoms with van der Waals surface area (Å²) in [5, 5.41) is 11.6. The number of para-hydroxylation sites is 6. The van der Waals surface area contributed by atoms with Crippen molar-refractivity contribution in [2.45, 2.75) is 46.3 Å². The Labute approximate surface area is 676 Å². The molecule has 1 aliphatic heterocycles. The van der Waals surface area contributed by atoms with Gasteiger partial charge in [-0.3, -0.25) is 0 Å². The number of halogens is 1. The molecule has 0 amide bonds. The first-order valence-electron chi connectivity index (χ1n) is 37.5. The fourth-order valence-electron chi connectivity index (χ4n) is 16.1. The average molecular weight is 1570 g/mol. The van der Waals surface area contributed by atoms with E-state index >= 15 is 0 Å². The molecule has 0 atom stereocenters. The van der Waals surface area contributed by atoms with Gasteiger partial charge in [-0.1, -0.05) is 260 Å². The Morgan fingerprint density at radius 3 is 1.18 bits per heavy atom. The van der Waals surface area contributed by atoms with Crippen molar-refractivity contribution in [1.29, 1.82) is 0 Å². The fourth-order valence-corrected chi connectivity index (χ4v) is 18.9. The second-order valence-corrected chi connectivity index (χ2v) is 32.5. The summed E-state index contributed by atoms with van der Waals surface area (Å²) in [6, 6.07) is 114. The van der Waals surface area contributed by atoms with Crippen molar-refractivity contribution in [1.82, 2.24) is 29.1 Å². The predicted molar refractivity (Wildman–Crippen MR) is 483 cm³/mol. The molecule has 10 nitrogen and oxygen atoms in total. The molecule has 1 saturated heterocycles. The van der Waals surface area contributed by atoms with Crippen molar-refractivity contribution in [2.75, 3.05) is 0 Å². The van der Waals surface area contributed by atoms with E-state index in [4.69, 9.17) is 38.1 Å². The monoisotopic (exact) mass is 1570 g/mol. The number of thiophene rings is 2. The van der Waals surface area contributed by atoms with Gasteiger partial charge in [-0.15, -0.1) is 22.7 Å². The number of hydrogen-bond acceptors (Lipinski definition) is 10. The van der Waals surface area contributed by atoms with Gasteiger partial charge in [-0.25, -0.2) is 19.9 Å². The molecule has 0 bridgehead atoms. The first kappa shape index (κ1) is 71.7. The van der Waals surface area contributed by atoms with Crippen molar-refractivity contribution < 1.29 is 18.1 Å². The molecule has 22 aromatic rings. The number of rotatable bonds is 8. The van der Waals surface area contributed by atoms with Crippen molar-refractivity contribution >= 4 is 188 Å². The minimum Gasteiger partial charge on any atom is -0.456 e. The molecule has 15 heteroatoms. The number of aromatic nitrogens is 6. The number of fused-ring (bicyclic) bond motifs is 18. The second-order valence-electron chi connectivity index (χ2n) is 29.5. The molecule has 545 valence electrons. The molecule has 0 unspecified atom stereocenters. The van der Waals surface area contributed by atoms with Crippen LogP contribution in [0.2, 0.25) is 0 Å². The molecule has 1 fully saturated rings. The standard InChI is InChI=1S/C46H27N3OS.C30H26BNO3.C22H13BrN2S.CH4.B/c1-2-13-28(14-3-1)42-45-43(35-20-7-11-24-41(35)51-45)48-46(47-42)30-16-12-15-29(25-30)36-26-31(27-37-34-19-6-10-23-40(34)50-44(36)37)49-38-21-8-4-17-32(38)33-18-5-9-22-39(33)49;1-29(2)30(3,4)35-31(34-29)24-18-19(17-23-22-13-7-10-16-27(22)33-28(23)24)32-25-14-8-5-11-20(25)21-12-6-9-15-26(21)32;23-16-10-6-9-15(13-16)22-24-19(14-7-2-1-3-8-14)21-20(25-22)17-11-4-5-12-18(17)26-21;;/h1-27H;5-18H,1-4H3;1-13H;1H4;. The van der Waals surface area contributed by atoms with Gasteiger partial charge in [0, 0.05) is 121 Å². The molecule has 9 heterocycles. The summed E-state index contributed by atoms with van der Waals surface area (Å²) < 4.78 is 36.5. The van der Waals surface area contributed by atoms with Crippen LogP contribution in [0.4, 0.5) is 0 Å². The predicted octanol–water partition coefficient (Wildman–Crippen LogP) is 27.0. The third-order valence-electron chi connectivity index (χ3n) is 22.2. The zero-order chi connectivity index (χ0) is 74.9. The first-order valence-corrected chi connectivity index (χ1v) is 39.9. The van der Waals surface area contributed by atoms with Crippen LogP contribution in [0.5, 0.6) is 0 Å². The SMILES string of the molecule is Brc1cccc(-c2nc(-c3ccccc3)c3sc4ccccc4c3n2)c1.C.CC1(C)OB(c2cc(-n3c4ccccc4c4ccccc43)cc3c2oc2ccccc23)OC1(C)C.[B].c1ccc(-c2nc(-c3cccc(-c4cc(-n5c6ccccc6c6ccccc65)cc5c4oc4ccccc45)c3)nc3c2sc2ccccc23)cc1. The van der Waals surface area contributed by atoms with E-state index < -0.39 is 18.3 Å². The molecule has 0 saturated carbocycles. The van der Waals surface area contributed by atoms with Gasteiger partial charge in [0.2, 0.25) is 0 Å². The summed E-state index contributed by atoms with van der Waals surface area (Å²) in [7, 11) is -0.531. The van der Waals surface area contributed by atoms with Gasteiger partial charge in [0.15, 0.2) is 11.6 Å². The van der Waals surface area contributed by atoms with E-state index in [1.165, 1.54) is 58.4 Å². The Kier molecular flexibility index (Phi) is 18.0. The lowest BCUT2D eigenvalue weighted by molar-refractivity contribution is 0.00578. The quantitative estimate of drug-likeness (QED) is 0.139. The largest absolute Gasteiger partial charge is 0.498 e. The Morgan fingerprint density at radius 1 is 0.333 bits per heavy atom. The van der Waals surface area contributed by atoms with E-state index in [1.807, 2.05) is 42.5 Å². The van der Waals surface area contributed by atoms with E-state index in [1.54, 1.807) is 22.7 Å². The molecule has 1 aliphatic rings. The Hall–Kier alpha value is -12.6. The van der Waals surface area contributed by atoms with E-state index in [-0.39, 0.29) is 15.8 Å². The van der Waals surface area contributed by atoms with Gasteiger partial charge < -0.3 is 27.3 Å². The van der Waals surface area contributed by atoms with Crippen LogP contribution in [-0.4, -0.2) is 55.8 Å². The Morgan fingerprint density at radius 2 is 0.702 bits per heavy atom. The lowest BCUT2D eigenvalue weighted by Crippen LogP contribution is -2.41. The molecule has 0 spiro atoms. The van der Waals surface area contributed by atoms with Crippen LogP contribution in [0.25, 0.3) is 196 Å². The van der Waals surface area contributed by atoms with Gasteiger partial charge in [-0.05, 0) is 124 Å². The first-order chi connectivity index (χ1) is 54.9. The van der Waals surface area contributed by atoms with Crippen LogP contribution in [0.15, 0.2) is 341 Å². The number of furan rings is 2. The van der Waals surface area contributed by atoms with Gasteiger partial charge in [0.05, 0.1) is 65.1 Å². The molecule has 0 N–H and O–H groups in total. The van der Waals surface area contributed by atoms with Crippen molar-refractivity contribution in [3.05, 3.63) is 332 Å². The highest BCUT2D eigenvalue weighted by Crippen LogP contribution is 2.46. The molecule has 23 rings (SSSR count). The zero-order valence-corrected chi connectivity index (χ0v) is 65.1. The molecular weight excluding hydrogens is 1500 g/mol. The lowest BCUT2D eigenvalue weighted by atomic mass is 9.77. The minimum absolute atomic E-state index is 0. The Bertz CT molecular complexity index is 7410. The minimum atomic E-state index is -0.531. The lowest BCUT2D eigenvalue weighted by Gasteiger charge is -2.32. The maximum absolute atomic E-state index is 6.66. The summed E-state index contributed by atoms with van der Waals surface area (Å²) >= 11 is 7.06. The van der Waals surface area contributed by atoms with Gasteiger partial charge in [-0.2, -0.15) is 0 Å². The summed E-state index contributed by atoms with van der Waals surface area (Å²) in [6.07, 6.45) is 0. The van der Waals surface area contributed by atoms with Crippen LogP contribution in [0, 0.1) is 0 Å². The van der Waals surface area contributed by atoms with Crippen LogP contribution in [0.1, 0.15) is 35.1 Å². The van der Waals surface area contributed by atoms with Crippen LogP contribution in [-0.2, 0) is 9.31 Å². The summed E-state index contributed by atoms with van der Waals surface area (Å²) in [5.74, 6) is 1.45. The third kappa shape index (κ3) is 12.1. The highest BCUT2D eigenvalue weighted by molar-refractivity contribution is 9.10.